The third-order valence-corrected chi connectivity index (χ3v) is 4.05. The standard InChI is InChI=1S/C19H19ClN2O2/c1-12(23)11-21-18-10-17(22-16-6-4-3-5-14(16)18)13-7-8-19(24-2)15(20)9-13/h3-10,12,23H,11H2,1-2H3,(H,21,22). The van der Waals surface area contributed by atoms with Crippen LogP contribution in [0.1, 0.15) is 6.92 Å². The van der Waals surface area contributed by atoms with Crippen molar-refractivity contribution in [2.24, 2.45) is 0 Å². The summed E-state index contributed by atoms with van der Waals surface area (Å²) >= 11 is 6.24. The van der Waals surface area contributed by atoms with E-state index < -0.39 is 6.10 Å². The molecule has 1 aromatic heterocycles. The summed E-state index contributed by atoms with van der Waals surface area (Å²) in [4.78, 5) is 4.73. The van der Waals surface area contributed by atoms with Crippen LogP contribution in [0.2, 0.25) is 5.02 Å². The molecular weight excluding hydrogens is 324 g/mol. The number of methoxy groups -OCH3 is 1. The second-order valence-corrected chi connectivity index (χ2v) is 6.06. The number of fused-ring (bicyclic) bond motifs is 1. The Hall–Kier alpha value is -2.30. The molecule has 4 nitrogen and oxygen atoms in total. The number of nitrogens with zero attached hydrogens (tertiary/aromatic N) is 1. The second-order valence-electron chi connectivity index (χ2n) is 5.65. The Bertz CT molecular complexity index is 865. The molecular formula is C19H19ClN2O2. The van der Waals surface area contributed by atoms with E-state index >= 15 is 0 Å². The van der Waals surface area contributed by atoms with Crippen LogP contribution >= 0.6 is 11.6 Å². The fourth-order valence-electron chi connectivity index (χ4n) is 2.55. The van der Waals surface area contributed by atoms with Gasteiger partial charge in [0, 0.05) is 23.2 Å². The number of hydrogen-bond donors (Lipinski definition) is 2. The average molecular weight is 343 g/mol. The Morgan fingerprint density at radius 1 is 1.21 bits per heavy atom. The van der Waals surface area contributed by atoms with Crippen molar-refractivity contribution in [1.82, 2.24) is 4.98 Å². The Balaban J connectivity index is 2.09. The zero-order valence-corrected chi connectivity index (χ0v) is 14.3. The lowest BCUT2D eigenvalue weighted by molar-refractivity contribution is 0.208. The first-order valence-corrected chi connectivity index (χ1v) is 8.12. The normalized spacial score (nSPS) is 12.2. The number of rotatable bonds is 5. The maximum atomic E-state index is 9.56. The SMILES string of the molecule is COc1ccc(-c2cc(NCC(C)O)c3ccccc3n2)cc1Cl. The third-order valence-electron chi connectivity index (χ3n) is 3.75. The van der Waals surface area contributed by atoms with Gasteiger partial charge in [-0.05, 0) is 37.3 Å². The number of aliphatic hydroxyl groups is 1. The van der Waals surface area contributed by atoms with E-state index in [0.29, 0.717) is 17.3 Å². The van der Waals surface area contributed by atoms with Crippen molar-refractivity contribution >= 4 is 28.2 Å². The summed E-state index contributed by atoms with van der Waals surface area (Å²) in [7, 11) is 1.59. The summed E-state index contributed by atoms with van der Waals surface area (Å²) in [6, 6.07) is 15.5. The molecule has 2 aromatic carbocycles. The van der Waals surface area contributed by atoms with E-state index in [9.17, 15) is 5.11 Å². The highest BCUT2D eigenvalue weighted by atomic mass is 35.5. The molecule has 5 heteroatoms. The first-order chi connectivity index (χ1) is 11.6. The average Bonchev–Trinajstić information content (AvgIpc) is 2.59. The van der Waals surface area contributed by atoms with Crippen LogP contribution in [0.3, 0.4) is 0 Å². The molecule has 0 amide bonds. The number of para-hydroxylation sites is 1. The molecule has 24 heavy (non-hydrogen) atoms. The van der Waals surface area contributed by atoms with Gasteiger partial charge >= 0.3 is 0 Å². The Morgan fingerprint density at radius 3 is 2.71 bits per heavy atom. The first kappa shape index (κ1) is 16.6. The molecule has 0 radical (unpaired) electrons. The zero-order chi connectivity index (χ0) is 17.1. The van der Waals surface area contributed by atoms with Crippen molar-refractivity contribution in [3.05, 3.63) is 53.6 Å². The molecule has 3 rings (SSSR count). The smallest absolute Gasteiger partial charge is 0.137 e. The van der Waals surface area contributed by atoms with Crippen LogP contribution in [0, 0.1) is 0 Å². The van der Waals surface area contributed by atoms with Crippen molar-refractivity contribution in [3.63, 3.8) is 0 Å². The third kappa shape index (κ3) is 3.45. The number of halogens is 1. The topological polar surface area (TPSA) is 54.4 Å². The van der Waals surface area contributed by atoms with Crippen LogP contribution in [0.4, 0.5) is 5.69 Å². The van der Waals surface area contributed by atoms with Crippen LogP contribution < -0.4 is 10.1 Å². The van der Waals surface area contributed by atoms with Crippen molar-refractivity contribution in [2.45, 2.75) is 13.0 Å². The molecule has 0 fully saturated rings. The van der Waals surface area contributed by atoms with Crippen molar-refractivity contribution in [2.75, 3.05) is 19.0 Å². The van der Waals surface area contributed by atoms with Gasteiger partial charge in [-0.3, -0.25) is 0 Å². The van der Waals surface area contributed by atoms with Gasteiger partial charge in [0.15, 0.2) is 0 Å². The van der Waals surface area contributed by atoms with Gasteiger partial charge in [-0.15, -0.1) is 0 Å². The highest BCUT2D eigenvalue weighted by Gasteiger charge is 2.10. The molecule has 1 unspecified atom stereocenters. The fraction of sp³-hybridized carbons (Fsp3) is 0.211. The van der Waals surface area contributed by atoms with Crippen molar-refractivity contribution in [1.29, 1.82) is 0 Å². The predicted molar refractivity (Wildman–Crippen MR) is 98.9 cm³/mol. The zero-order valence-electron chi connectivity index (χ0n) is 13.6. The Labute approximate surface area is 146 Å². The minimum absolute atomic E-state index is 0.434. The summed E-state index contributed by atoms with van der Waals surface area (Å²) in [6.45, 7) is 2.22. The molecule has 0 bridgehead atoms. The molecule has 0 aliphatic heterocycles. The molecule has 1 heterocycles. The molecule has 124 valence electrons. The quantitative estimate of drug-likeness (QED) is 0.723. The van der Waals surface area contributed by atoms with Gasteiger partial charge in [-0.1, -0.05) is 29.8 Å². The van der Waals surface area contributed by atoms with Gasteiger partial charge in [-0.2, -0.15) is 0 Å². The van der Waals surface area contributed by atoms with Crippen LogP contribution in [0.15, 0.2) is 48.5 Å². The van der Waals surface area contributed by atoms with Crippen molar-refractivity contribution in [3.8, 4) is 17.0 Å². The van der Waals surface area contributed by atoms with E-state index in [0.717, 1.165) is 27.8 Å². The highest BCUT2D eigenvalue weighted by molar-refractivity contribution is 6.32. The maximum Gasteiger partial charge on any atom is 0.137 e. The lowest BCUT2D eigenvalue weighted by atomic mass is 10.1. The van der Waals surface area contributed by atoms with Crippen LogP contribution in [-0.2, 0) is 0 Å². The molecule has 1 atom stereocenters. The number of aliphatic hydroxyl groups excluding tert-OH is 1. The number of ether oxygens (including phenoxy) is 1. The van der Waals surface area contributed by atoms with Gasteiger partial charge < -0.3 is 15.2 Å². The van der Waals surface area contributed by atoms with Crippen LogP contribution in [-0.4, -0.2) is 29.8 Å². The molecule has 0 saturated carbocycles. The number of anilines is 1. The Kier molecular flexibility index (Phi) is 4.88. The monoisotopic (exact) mass is 342 g/mol. The van der Waals surface area contributed by atoms with Crippen molar-refractivity contribution < 1.29 is 9.84 Å². The molecule has 3 aromatic rings. The lowest BCUT2D eigenvalue weighted by Crippen LogP contribution is -2.15. The fourth-order valence-corrected chi connectivity index (χ4v) is 2.81. The predicted octanol–water partition coefficient (Wildman–Crippen LogP) is 4.36. The molecule has 0 spiro atoms. The molecule has 0 aliphatic rings. The van der Waals surface area contributed by atoms with Gasteiger partial charge in [0.25, 0.3) is 0 Å². The van der Waals surface area contributed by atoms with E-state index in [1.807, 2.05) is 48.5 Å². The Morgan fingerprint density at radius 2 is 2.00 bits per heavy atom. The molecule has 2 N–H and O–H groups in total. The lowest BCUT2D eigenvalue weighted by Gasteiger charge is -2.14. The summed E-state index contributed by atoms with van der Waals surface area (Å²) in [5.41, 5.74) is 3.54. The molecule has 0 aliphatic carbocycles. The number of hydrogen-bond acceptors (Lipinski definition) is 4. The van der Waals surface area contributed by atoms with Crippen LogP contribution in [0.25, 0.3) is 22.2 Å². The number of benzene rings is 2. The minimum Gasteiger partial charge on any atom is -0.495 e. The number of pyridine rings is 1. The minimum atomic E-state index is -0.434. The molecule has 0 saturated heterocycles. The van der Waals surface area contributed by atoms with E-state index in [1.165, 1.54) is 0 Å². The largest absolute Gasteiger partial charge is 0.495 e. The summed E-state index contributed by atoms with van der Waals surface area (Å²) < 4.78 is 5.20. The maximum absolute atomic E-state index is 9.56. The second kappa shape index (κ2) is 7.07. The van der Waals surface area contributed by atoms with E-state index in [1.54, 1.807) is 14.0 Å². The van der Waals surface area contributed by atoms with Gasteiger partial charge in [-0.25, -0.2) is 4.98 Å². The van der Waals surface area contributed by atoms with Crippen LogP contribution in [0.5, 0.6) is 5.75 Å². The summed E-state index contributed by atoms with van der Waals surface area (Å²) in [6.07, 6.45) is -0.434. The highest BCUT2D eigenvalue weighted by Crippen LogP contribution is 2.32. The van der Waals surface area contributed by atoms with E-state index in [2.05, 4.69) is 5.32 Å². The summed E-state index contributed by atoms with van der Waals surface area (Å²) in [5.74, 6) is 0.633. The van der Waals surface area contributed by atoms with E-state index in [-0.39, 0.29) is 0 Å². The van der Waals surface area contributed by atoms with Gasteiger partial charge in [0.2, 0.25) is 0 Å². The number of nitrogens with one attached hydrogen (secondary N) is 1. The van der Waals surface area contributed by atoms with Gasteiger partial charge in [0.1, 0.15) is 5.75 Å². The van der Waals surface area contributed by atoms with E-state index in [4.69, 9.17) is 21.3 Å². The summed E-state index contributed by atoms with van der Waals surface area (Å²) in [5, 5.41) is 14.4. The van der Waals surface area contributed by atoms with Gasteiger partial charge in [0.05, 0.1) is 29.4 Å². The number of aromatic nitrogens is 1. The first-order valence-electron chi connectivity index (χ1n) is 7.74.